The molecule has 2 aliphatic rings. The zero-order chi connectivity index (χ0) is 47.5. The molecule has 0 fully saturated rings. The minimum atomic E-state index is -2.15. The van der Waals surface area contributed by atoms with E-state index in [1.54, 1.807) is 12.6 Å². The summed E-state index contributed by atoms with van der Waals surface area (Å²) < 4.78 is 8.18. The van der Waals surface area contributed by atoms with Crippen molar-refractivity contribution in [3.8, 4) is 0 Å². The maximum atomic E-state index is 2.84. The predicted molar refractivity (Wildman–Crippen MR) is 311 cm³/mol. The molecule has 6 heteroatoms. The third kappa shape index (κ3) is 18.5. The first-order chi connectivity index (χ1) is 30.5. The molecule has 6 rings (SSSR count). The van der Waals surface area contributed by atoms with E-state index in [1.807, 2.05) is 36.7 Å². The van der Waals surface area contributed by atoms with Gasteiger partial charge in [0.15, 0.2) is 0 Å². The van der Waals surface area contributed by atoms with E-state index in [-0.39, 0.29) is 0 Å². The van der Waals surface area contributed by atoms with E-state index >= 15 is 0 Å². The van der Waals surface area contributed by atoms with Crippen molar-refractivity contribution >= 4 is 117 Å². The van der Waals surface area contributed by atoms with Crippen LogP contribution in [0.25, 0.3) is 31.3 Å². The van der Waals surface area contributed by atoms with E-state index in [9.17, 15) is 0 Å². The third-order valence-electron chi connectivity index (χ3n) is 14.1. The van der Waals surface area contributed by atoms with Crippen molar-refractivity contribution in [2.45, 2.75) is 220 Å². The van der Waals surface area contributed by atoms with Crippen LogP contribution in [0.1, 0.15) is 185 Å². The summed E-state index contributed by atoms with van der Waals surface area (Å²) in [7, 11) is 0. The minimum Gasteiger partial charge on any atom is -0.144 e. The monoisotopic (exact) mass is 1160 g/mol. The van der Waals surface area contributed by atoms with E-state index in [2.05, 4.69) is 169 Å². The Kier molecular flexibility index (Phi) is 27.6. The van der Waals surface area contributed by atoms with Crippen molar-refractivity contribution in [3.63, 3.8) is 0 Å². The Labute approximate surface area is 421 Å². The van der Waals surface area contributed by atoms with Gasteiger partial charge in [-0.15, -0.1) is 22.7 Å². The zero-order valence-corrected chi connectivity index (χ0v) is 53.4. The molecule has 1 aliphatic heterocycles. The molecule has 4 aromatic rings. The van der Waals surface area contributed by atoms with Crippen molar-refractivity contribution < 1.29 is 0 Å². The van der Waals surface area contributed by atoms with Crippen molar-refractivity contribution in [2.24, 2.45) is 29.6 Å². The van der Waals surface area contributed by atoms with Crippen LogP contribution in [-0.2, 0) is 0 Å². The summed E-state index contributed by atoms with van der Waals surface area (Å²) in [6, 6.07) is 11.6. The summed E-state index contributed by atoms with van der Waals surface area (Å²) in [5, 5.41) is 9.45. The van der Waals surface area contributed by atoms with Gasteiger partial charge >= 0.3 is 243 Å². The maximum absolute atomic E-state index is 2.84. The van der Waals surface area contributed by atoms with Crippen LogP contribution in [0.3, 0.4) is 0 Å². The van der Waals surface area contributed by atoms with Gasteiger partial charge in [0.1, 0.15) is 0 Å². The number of unbranched alkanes of at least 4 members (excludes halogenated alkanes) is 4. The topological polar surface area (TPSA) is 0 Å². The number of benzene rings is 1. The molecule has 0 bridgehead atoms. The molecule has 0 saturated carbocycles. The van der Waals surface area contributed by atoms with Crippen molar-refractivity contribution in [1.29, 1.82) is 0 Å². The fourth-order valence-electron chi connectivity index (χ4n) is 8.93. The summed E-state index contributed by atoms with van der Waals surface area (Å²) in [4.78, 5) is 15.8. The molecule has 1 aliphatic carbocycles. The second kappa shape index (κ2) is 30.1. The molecule has 362 valence electrons. The van der Waals surface area contributed by atoms with Crippen LogP contribution in [0.5, 0.6) is 0 Å². The molecule has 0 saturated heterocycles. The maximum Gasteiger partial charge on any atom is 0.0349 e. The second-order valence-electron chi connectivity index (χ2n) is 21.8. The number of hydrogen-bond acceptors (Lipinski definition) is 4. The van der Waals surface area contributed by atoms with Gasteiger partial charge in [0.25, 0.3) is 0 Å². The molecule has 0 spiro atoms. The number of rotatable bonds is 22. The molecule has 0 nitrogen and oxygen atoms in total. The summed E-state index contributed by atoms with van der Waals surface area (Å²) in [5.74, 6) is 4.29. The smallest absolute Gasteiger partial charge is 0.0349 e. The van der Waals surface area contributed by atoms with E-state index < -0.39 is 36.8 Å². The van der Waals surface area contributed by atoms with Crippen LogP contribution in [0.4, 0.5) is 0 Å². The van der Waals surface area contributed by atoms with Gasteiger partial charge < -0.3 is 0 Å². The molecule has 64 heavy (non-hydrogen) atoms. The fourth-order valence-corrected chi connectivity index (χ4v) is 24.7. The molecular weight excluding hydrogens is 1060 g/mol. The van der Waals surface area contributed by atoms with Gasteiger partial charge in [0.2, 0.25) is 0 Å². The first-order valence-electron chi connectivity index (χ1n) is 26.6. The molecular formula is C58H98S4Sn2. The summed E-state index contributed by atoms with van der Waals surface area (Å²) in [6.45, 7) is 23.3. The van der Waals surface area contributed by atoms with Gasteiger partial charge in [0.05, 0.1) is 0 Å². The Morgan fingerprint density at radius 3 is 1.41 bits per heavy atom. The Morgan fingerprint density at radius 2 is 1.00 bits per heavy atom. The van der Waals surface area contributed by atoms with Crippen LogP contribution in [0.2, 0.25) is 29.6 Å². The van der Waals surface area contributed by atoms with Crippen molar-refractivity contribution in [2.75, 3.05) is 0 Å². The average Bonchev–Trinajstić information content (AvgIpc) is 4.11. The largest absolute Gasteiger partial charge is 0.144 e. The average molecular weight is 1160 g/mol. The van der Waals surface area contributed by atoms with E-state index in [0.29, 0.717) is 11.2 Å². The molecule has 0 radical (unpaired) electrons. The second-order valence-corrected chi connectivity index (χ2v) is 56.8. The molecule has 0 amide bonds. The van der Waals surface area contributed by atoms with Gasteiger partial charge in [0, 0.05) is 9.40 Å². The quantitative estimate of drug-likeness (QED) is 0.0707. The summed E-state index contributed by atoms with van der Waals surface area (Å²) in [6.07, 6.45) is 27.5. The first-order valence-corrected chi connectivity index (χ1v) is 50.0. The summed E-state index contributed by atoms with van der Waals surface area (Å²) in [5.41, 5.74) is 3.71. The Morgan fingerprint density at radius 1 is 0.547 bits per heavy atom. The van der Waals surface area contributed by atoms with Crippen LogP contribution in [0.15, 0.2) is 50.1 Å². The Balaban J connectivity index is 0.000000310. The SMILES string of the molecule is CCCCC(C)CC.CCCCC(C)CC.CCCCC(CC)CC1=c2c[c]([Sn]([CH3])([CH3])[CH3])sc2=C(CC(CC)CCCC)C2C=[C]([Sn]([CH3])([CH3])[CH3])SC12.c1cc2cc3sccc3cc2s1. The van der Waals surface area contributed by atoms with Gasteiger partial charge in [-0.3, -0.25) is 0 Å². The molecule has 4 heterocycles. The van der Waals surface area contributed by atoms with Gasteiger partial charge in [-0.25, -0.2) is 0 Å². The minimum absolute atomic E-state index is 0.671. The normalized spacial score (nSPS) is 17.9. The van der Waals surface area contributed by atoms with Crippen LogP contribution in [0, 0.1) is 29.6 Å². The number of allylic oxidation sites excluding steroid dienone is 1. The van der Waals surface area contributed by atoms with Crippen LogP contribution >= 0.6 is 45.8 Å². The van der Waals surface area contributed by atoms with E-state index in [4.69, 9.17) is 0 Å². The predicted octanol–water partition coefficient (Wildman–Crippen LogP) is 19.9. The number of thiophene rings is 3. The number of fused-ring (bicyclic) bond motifs is 4. The summed E-state index contributed by atoms with van der Waals surface area (Å²) >= 11 is 3.94. The van der Waals surface area contributed by atoms with E-state index in [0.717, 1.165) is 23.7 Å². The fraction of sp³-hybridized carbons (Fsp3) is 0.690. The molecule has 6 atom stereocenters. The van der Waals surface area contributed by atoms with Crippen molar-refractivity contribution in [1.82, 2.24) is 0 Å². The van der Waals surface area contributed by atoms with Gasteiger partial charge in [-0.1, -0.05) is 92.9 Å². The standard InChI is InChI=1S/C26H38S2.C10H6S2.2C8H18.6CH3.2Sn/c1-5-9-11-19(7-3)17-23-21-13-15-28-26(21)24(22-14-16-27-25(22)23)18-20(8-4)12-10-6-2;1-3-11-9-6-8-2-4-12-10(8)5-7(1)9;2*1-4-6-7-8(3)5-2;;;;;;;;/h13-14,19-21,26H,5-12,17-18H2,1-4H3;1-6H;2*8H,4-7H2,1-3H3;6*1H3;;. The molecule has 1 aromatic carbocycles. The first kappa shape index (κ1) is 58.6. The Bertz CT molecular complexity index is 1940. The van der Waals surface area contributed by atoms with E-state index in [1.165, 1.54) is 136 Å². The molecule has 6 unspecified atom stereocenters. The molecule has 0 N–H and O–H groups in total. The molecule has 3 aromatic heterocycles. The van der Waals surface area contributed by atoms with Crippen LogP contribution in [-0.4, -0.2) is 42.0 Å². The third-order valence-corrected chi connectivity index (χ3v) is 37.6. The number of thioether (sulfide) groups is 1. The van der Waals surface area contributed by atoms with Crippen LogP contribution < -0.4 is 12.6 Å². The van der Waals surface area contributed by atoms with Gasteiger partial charge in [-0.05, 0) is 57.6 Å². The number of hydrogen-bond donors (Lipinski definition) is 0. The Hall–Kier alpha value is 0.267. The van der Waals surface area contributed by atoms with Crippen molar-refractivity contribution in [3.05, 3.63) is 59.8 Å². The van der Waals surface area contributed by atoms with Gasteiger partial charge in [-0.2, -0.15) is 0 Å². The zero-order valence-electron chi connectivity index (χ0n) is 44.4.